The summed E-state index contributed by atoms with van der Waals surface area (Å²) in [5.41, 5.74) is 6.42. The number of carbonyl (C=O) groups excluding carboxylic acids is 1. The van der Waals surface area contributed by atoms with Gasteiger partial charge in [-0.15, -0.1) is 0 Å². The zero-order chi connectivity index (χ0) is 12.8. The number of carbonyl (C=O) groups is 1. The third-order valence-corrected chi connectivity index (χ3v) is 2.56. The van der Waals surface area contributed by atoms with E-state index in [0.29, 0.717) is 16.3 Å². The largest absolute Gasteiger partial charge is 0.398 e. The van der Waals surface area contributed by atoms with Gasteiger partial charge in [-0.2, -0.15) is 0 Å². The molecule has 0 radical (unpaired) electrons. The molecule has 1 amide bonds. The lowest BCUT2D eigenvalue weighted by Gasteiger charge is -2.14. The molecular formula is C11H15ClN2O3. The number of ether oxygens (including phenoxy) is 2. The first-order chi connectivity index (χ1) is 8.08. The topological polar surface area (TPSA) is 73.6 Å². The lowest BCUT2D eigenvalue weighted by atomic mass is 10.2. The van der Waals surface area contributed by atoms with Gasteiger partial charge in [0.1, 0.15) is 0 Å². The van der Waals surface area contributed by atoms with Crippen LogP contribution in [0.5, 0.6) is 0 Å². The number of nitrogens with two attached hydrogens (primary N) is 1. The van der Waals surface area contributed by atoms with Crippen LogP contribution < -0.4 is 11.1 Å². The van der Waals surface area contributed by atoms with Crippen LogP contribution in [0.3, 0.4) is 0 Å². The van der Waals surface area contributed by atoms with Crippen LogP contribution in [-0.4, -0.2) is 33.0 Å². The van der Waals surface area contributed by atoms with E-state index in [-0.39, 0.29) is 12.5 Å². The molecule has 1 rings (SSSR count). The Labute approximate surface area is 105 Å². The molecule has 0 aliphatic carbocycles. The monoisotopic (exact) mass is 258 g/mol. The van der Waals surface area contributed by atoms with Gasteiger partial charge in [0.15, 0.2) is 6.29 Å². The van der Waals surface area contributed by atoms with E-state index in [0.717, 1.165) is 0 Å². The zero-order valence-electron chi connectivity index (χ0n) is 9.70. The fraction of sp³-hybridized carbons (Fsp3) is 0.364. The van der Waals surface area contributed by atoms with Gasteiger partial charge in [-0.3, -0.25) is 4.79 Å². The number of amides is 1. The van der Waals surface area contributed by atoms with Crippen molar-refractivity contribution >= 4 is 23.2 Å². The minimum atomic E-state index is -0.469. The van der Waals surface area contributed by atoms with Crippen LogP contribution in [-0.2, 0) is 9.47 Å². The summed E-state index contributed by atoms with van der Waals surface area (Å²) in [6.07, 6.45) is -0.469. The van der Waals surface area contributed by atoms with Gasteiger partial charge >= 0.3 is 0 Å². The second-order valence-corrected chi connectivity index (χ2v) is 3.75. The predicted molar refractivity (Wildman–Crippen MR) is 66.0 cm³/mol. The van der Waals surface area contributed by atoms with Crippen molar-refractivity contribution in [1.82, 2.24) is 5.32 Å². The van der Waals surface area contributed by atoms with E-state index in [9.17, 15) is 4.79 Å². The lowest BCUT2D eigenvalue weighted by Crippen LogP contribution is -2.34. The molecule has 0 aliphatic heterocycles. The molecule has 0 saturated carbocycles. The quantitative estimate of drug-likeness (QED) is 0.616. The fourth-order valence-corrected chi connectivity index (χ4v) is 1.34. The lowest BCUT2D eigenvalue weighted by molar-refractivity contribution is -0.0974. The average molecular weight is 259 g/mol. The molecule has 0 spiro atoms. The van der Waals surface area contributed by atoms with Crippen LogP contribution in [0.2, 0.25) is 5.02 Å². The van der Waals surface area contributed by atoms with E-state index in [1.165, 1.54) is 20.3 Å². The van der Waals surface area contributed by atoms with Gasteiger partial charge in [-0.25, -0.2) is 0 Å². The van der Waals surface area contributed by atoms with Gasteiger partial charge < -0.3 is 20.5 Å². The number of hydrogen-bond acceptors (Lipinski definition) is 4. The molecule has 17 heavy (non-hydrogen) atoms. The van der Waals surface area contributed by atoms with Crippen molar-refractivity contribution in [2.24, 2.45) is 0 Å². The number of methoxy groups -OCH3 is 2. The molecule has 0 aromatic heterocycles. The van der Waals surface area contributed by atoms with Crippen molar-refractivity contribution < 1.29 is 14.3 Å². The summed E-state index contributed by atoms with van der Waals surface area (Å²) in [5, 5.41) is 3.08. The van der Waals surface area contributed by atoms with Crippen LogP contribution in [0.15, 0.2) is 18.2 Å². The fourth-order valence-electron chi connectivity index (χ4n) is 1.23. The van der Waals surface area contributed by atoms with Gasteiger partial charge in [0.25, 0.3) is 5.91 Å². The molecule has 6 heteroatoms. The molecule has 0 unspecified atom stereocenters. The highest BCUT2D eigenvalue weighted by atomic mass is 35.5. The summed E-state index contributed by atoms with van der Waals surface area (Å²) in [6.45, 7) is 0.258. The molecule has 0 saturated heterocycles. The van der Waals surface area contributed by atoms with Gasteiger partial charge in [-0.1, -0.05) is 11.6 Å². The Balaban J connectivity index is 2.61. The van der Waals surface area contributed by atoms with Crippen LogP contribution >= 0.6 is 11.6 Å². The first-order valence-corrected chi connectivity index (χ1v) is 5.35. The summed E-state index contributed by atoms with van der Waals surface area (Å²) < 4.78 is 9.89. The molecule has 0 fully saturated rings. The highest BCUT2D eigenvalue weighted by Crippen LogP contribution is 2.19. The molecule has 94 valence electrons. The van der Waals surface area contributed by atoms with Crippen molar-refractivity contribution in [3.8, 4) is 0 Å². The Kier molecular flexibility index (Phi) is 5.21. The Morgan fingerprint density at radius 3 is 2.65 bits per heavy atom. The molecule has 0 atom stereocenters. The first-order valence-electron chi connectivity index (χ1n) is 4.97. The first kappa shape index (κ1) is 13.8. The number of benzene rings is 1. The van der Waals surface area contributed by atoms with E-state index in [2.05, 4.69) is 5.32 Å². The average Bonchev–Trinajstić information content (AvgIpc) is 2.33. The Bertz CT molecular complexity index is 394. The van der Waals surface area contributed by atoms with E-state index in [1.807, 2.05) is 0 Å². The summed E-state index contributed by atoms with van der Waals surface area (Å²) in [4.78, 5) is 11.7. The maximum Gasteiger partial charge on any atom is 0.251 e. The van der Waals surface area contributed by atoms with E-state index >= 15 is 0 Å². The summed E-state index contributed by atoms with van der Waals surface area (Å²) in [6, 6.07) is 4.70. The predicted octanol–water partition coefficient (Wildman–Crippen LogP) is 1.27. The standard InChI is InChI=1S/C11H15ClN2O3/c1-16-10(17-2)6-14-11(15)7-3-4-8(12)9(13)5-7/h3-5,10H,6,13H2,1-2H3,(H,14,15). The highest BCUT2D eigenvalue weighted by Gasteiger charge is 2.10. The minimum Gasteiger partial charge on any atom is -0.398 e. The van der Waals surface area contributed by atoms with Crippen LogP contribution in [0.1, 0.15) is 10.4 Å². The number of halogens is 1. The molecule has 1 aromatic carbocycles. The van der Waals surface area contributed by atoms with E-state index < -0.39 is 6.29 Å². The second kappa shape index (κ2) is 6.44. The van der Waals surface area contributed by atoms with Gasteiger partial charge in [0.05, 0.1) is 17.3 Å². The number of nitrogens with one attached hydrogen (secondary N) is 1. The second-order valence-electron chi connectivity index (χ2n) is 3.35. The summed E-state index contributed by atoms with van der Waals surface area (Å²) >= 11 is 5.76. The van der Waals surface area contributed by atoms with Crippen LogP contribution in [0.4, 0.5) is 5.69 Å². The van der Waals surface area contributed by atoms with Crippen molar-refractivity contribution in [2.75, 3.05) is 26.5 Å². The van der Waals surface area contributed by atoms with Crippen LogP contribution in [0.25, 0.3) is 0 Å². The molecule has 3 N–H and O–H groups in total. The molecule has 0 aliphatic rings. The Hall–Kier alpha value is -1.30. The van der Waals surface area contributed by atoms with E-state index in [4.69, 9.17) is 26.8 Å². The number of anilines is 1. The number of hydrogen-bond donors (Lipinski definition) is 2. The zero-order valence-corrected chi connectivity index (χ0v) is 10.5. The summed E-state index contributed by atoms with van der Waals surface area (Å²) in [7, 11) is 3.00. The summed E-state index contributed by atoms with van der Waals surface area (Å²) in [5.74, 6) is -0.257. The molecule has 5 nitrogen and oxygen atoms in total. The van der Waals surface area contributed by atoms with Crippen molar-refractivity contribution in [3.05, 3.63) is 28.8 Å². The van der Waals surface area contributed by atoms with Gasteiger partial charge in [0, 0.05) is 19.8 Å². The normalized spacial score (nSPS) is 10.6. The molecule has 0 bridgehead atoms. The highest BCUT2D eigenvalue weighted by molar-refractivity contribution is 6.33. The van der Waals surface area contributed by atoms with Crippen LogP contribution in [0, 0.1) is 0 Å². The van der Waals surface area contributed by atoms with E-state index in [1.54, 1.807) is 12.1 Å². The maximum atomic E-state index is 11.7. The minimum absolute atomic E-state index is 0.257. The van der Waals surface area contributed by atoms with Crippen molar-refractivity contribution in [3.63, 3.8) is 0 Å². The number of rotatable bonds is 5. The SMILES string of the molecule is COC(CNC(=O)c1ccc(Cl)c(N)c1)OC. The Morgan fingerprint density at radius 1 is 1.47 bits per heavy atom. The van der Waals surface area contributed by atoms with Gasteiger partial charge in [-0.05, 0) is 18.2 Å². The van der Waals surface area contributed by atoms with Crippen molar-refractivity contribution in [1.29, 1.82) is 0 Å². The molecule has 1 aromatic rings. The number of nitrogen functional groups attached to an aromatic ring is 1. The van der Waals surface area contributed by atoms with Crippen molar-refractivity contribution in [2.45, 2.75) is 6.29 Å². The maximum absolute atomic E-state index is 11.7. The molecular weight excluding hydrogens is 244 g/mol. The smallest absolute Gasteiger partial charge is 0.251 e. The molecule has 0 heterocycles. The third-order valence-electron chi connectivity index (χ3n) is 2.21. The van der Waals surface area contributed by atoms with Gasteiger partial charge in [0.2, 0.25) is 0 Å². The Morgan fingerprint density at radius 2 is 2.12 bits per heavy atom. The third kappa shape index (κ3) is 3.89.